The Morgan fingerprint density at radius 1 is 0.966 bits per heavy atom. The molecule has 1 aliphatic heterocycles. The molecular weight excluding hydrogens is 364 g/mol. The van der Waals surface area contributed by atoms with Crippen LogP contribution in [0.1, 0.15) is 5.56 Å². The largest absolute Gasteiger partial charge is 0.508 e. The number of hydrogen-bond acceptors (Lipinski definition) is 4. The van der Waals surface area contributed by atoms with Crippen molar-refractivity contribution in [2.75, 3.05) is 31.1 Å². The summed E-state index contributed by atoms with van der Waals surface area (Å²) in [6, 6.07) is 21.2. The van der Waals surface area contributed by atoms with Crippen molar-refractivity contribution in [1.82, 2.24) is 0 Å². The van der Waals surface area contributed by atoms with Gasteiger partial charge in [0.05, 0.1) is 26.2 Å². The smallest absolute Gasteiger partial charge is 0.336 e. The van der Waals surface area contributed by atoms with Crippen molar-refractivity contribution in [3.05, 3.63) is 82.7 Å². The van der Waals surface area contributed by atoms with Crippen LogP contribution in [-0.4, -0.2) is 31.3 Å². The molecule has 3 aromatic carbocycles. The monoisotopic (exact) mass is 387 g/mol. The molecule has 5 heteroatoms. The Balaban J connectivity index is 1.41. The Morgan fingerprint density at radius 3 is 2.52 bits per heavy atom. The van der Waals surface area contributed by atoms with Crippen molar-refractivity contribution in [3.8, 4) is 5.75 Å². The number of nitrogens with zero attached hydrogens (tertiary/aromatic N) is 1. The number of aromatic hydroxyl groups is 1. The van der Waals surface area contributed by atoms with Gasteiger partial charge in [-0.25, -0.2) is 4.79 Å². The molecule has 1 aromatic heterocycles. The van der Waals surface area contributed by atoms with E-state index in [1.807, 2.05) is 36.4 Å². The first-order valence-electron chi connectivity index (χ1n) is 9.99. The molecule has 4 aromatic rings. The summed E-state index contributed by atoms with van der Waals surface area (Å²) in [7, 11) is 0. The normalized spacial score (nSPS) is 15.2. The summed E-state index contributed by atoms with van der Waals surface area (Å²) in [4.78, 5) is 15.9. The summed E-state index contributed by atoms with van der Waals surface area (Å²) < 4.78 is 5.49. The summed E-state index contributed by atoms with van der Waals surface area (Å²) >= 11 is 0. The fourth-order valence-corrected chi connectivity index (χ4v) is 4.35. The minimum atomic E-state index is -0.287. The van der Waals surface area contributed by atoms with Crippen LogP contribution in [0.4, 0.5) is 5.69 Å². The second-order valence-corrected chi connectivity index (χ2v) is 7.68. The molecule has 0 radical (unpaired) electrons. The summed E-state index contributed by atoms with van der Waals surface area (Å²) in [6.45, 7) is 4.68. The van der Waals surface area contributed by atoms with Gasteiger partial charge in [-0.1, -0.05) is 30.3 Å². The van der Waals surface area contributed by atoms with Gasteiger partial charge in [-0.15, -0.1) is 0 Å². The number of phenols is 1. The minimum absolute atomic E-state index is 0.287. The molecule has 0 unspecified atom stereocenters. The summed E-state index contributed by atoms with van der Waals surface area (Å²) in [5.74, 6) is 0.292. The Bertz CT molecular complexity index is 1220. The van der Waals surface area contributed by atoms with Gasteiger partial charge >= 0.3 is 5.63 Å². The molecule has 2 N–H and O–H groups in total. The molecule has 0 saturated carbocycles. The quantitative estimate of drug-likeness (QED) is 0.419. The van der Waals surface area contributed by atoms with Crippen LogP contribution in [0.2, 0.25) is 0 Å². The summed E-state index contributed by atoms with van der Waals surface area (Å²) in [5.41, 5.74) is 2.57. The van der Waals surface area contributed by atoms with Gasteiger partial charge in [-0.2, -0.15) is 0 Å². The molecule has 1 fully saturated rings. The average Bonchev–Trinajstić information content (AvgIpc) is 2.74. The van der Waals surface area contributed by atoms with Crippen LogP contribution in [0.15, 0.2) is 75.9 Å². The zero-order valence-electron chi connectivity index (χ0n) is 16.1. The molecule has 0 bridgehead atoms. The lowest BCUT2D eigenvalue weighted by atomic mass is 10.0. The highest BCUT2D eigenvalue weighted by atomic mass is 16.4. The highest BCUT2D eigenvalue weighted by Gasteiger charge is 2.22. The molecular formula is C24H23N2O3+. The molecule has 0 amide bonds. The van der Waals surface area contributed by atoms with Gasteiger partial charge < -0.3 is 19.3 Å². The number of fused-ring (bicyclic) bond motifs is 3. The van der Waals surface area contributed by atoms with Gasteiger partial charge in [0.25, 0.3) is 0 Å². The van der Waals surface area contributed by atoms with Crippen LogP contribution in [0.3, 0.4) is 0 Å². The number of piperazine rings is 1. The number of hydrogen-bond donors (Lipinski definition) is 2. The summed E-state index contributed by atoms with van der Waals surface area (Å²) in [6.07, 6.45) is 0. The third kappa shape index (κ3) is 3.45. The first-order chi connectivity index (χ1) is 14.2. The zero-order chi connectivity index (χ0) is 19.8. The maximum absolute atomic E-state index is 12.1. The van der Waals surface area contributed by atoms with Gasteiger partial charge in [0.1, 0.15) is 17.9 Å². The van der Waals surface area contributed by atoms with Crippen LogP contribution in [0.25, 0.3) is 21.7 Å². The van der Waals surface area contributed by atoms with Crippen LogP contribution < -0.4 is 15.4 Å². The van der Waals surface area contributed by atoms with Gasteiger partial charge in [-0.05, 0) is 41.1 Å². The first-order valence-corrected chi connectivity index (χ1v) is 9.99. The van der Waals surface area contributed by atoms with E-state index in [9.17, 15) is 9.90 Å². The predicted octanol–water partition coefficient (Wildman–Crippen LogP) is 2.56. The van der Waals surface area contributed by atoms with Crippen molar-refractivity contribution < 1.29 is 14.4 Å². The Labute approximate surface area is 168 Å². The van der Waals surface area contributed by atoms with Gasteiger partial charge in [-0.3, -0.25) is 0 Å². The number of phenolic OH excluding ortho intramolecular Hbond substituents is 1. The van der Waals surface area contributed by atoms with Crippen molar-refractivity contribution in [2.24, 2.45) is 0 Å². The van der Waals surface area contributed by atoms with Crippen molar-refractivity contribution in [1.29, 1.82) is 0 Å². The van der Waals surface area contributed by atoms with E-state index < -0.39 is 0 Å². The lowest BCUT2D eigenvalue weighted by Crippen LogP contribution is -3.13. The Hall–Kier alpha value is -3.31. The van der Waals surface area contributed by atoms with Crippen LogP contribution >= 0.6 is 0 Å². The number of anilines is 1. The Morgan fingerprint density at radius 2 is 1.72 bits per heavy atom. The van der Waals surface area contributed by atoms with Crippen LogP contribution in [0.5, 0.6) is 5.75 Å². The van der Waals surface area contributed by atoms with E-state index in [0.717, 1.165) is 60.1 Å². The molecule has 5 rings (SSSR count). The zero-order valence-corrected chi connectivity index (χ0v) is 16.1. The van der Waals surface area contributed by atoms with E-state index in [-0.39, 0.29) is 5.63 Å². The topological polar surface area (TPSA) is 58.1 Å². The lowest BCUT2D eigenvalue weighted by molar-refractivity contribution is -0.914. The standard InChI is InChI=1S/C24H22N2O3/c27-20-8-6-19(7-9-20)26-13-11-25(12-14-26)16-18-15-23(28)29-22-10-5-17-3-1-2-4-21(17)24(18)22/h1-10,15,27H,11-14,16H2/p+1. The minimum Gasteiger partial charge on any atom is -0.508 e. The molecule has 146 valence electrons. The van der Waals surface area contributed by atoms with Gasteiger partial charge in [0.15, 0.2) is 0 Å². The molecule has 2 heterocycles. The van der Waals surface area contributed by atoms with E-state index in [4.69, 9.17) is 4.42 Å². The maximum atomic E-state index is 12.1. The average molecular weight is 387 g/mol. The second-order valence-electron chi connectivity index (χ2n) is 7.68. The fourth-order valence-electron chi connectivity index (χ4n) is 4.35. The highest BCUT2D eigenvalue weighted by molar-refractivity contribution is 6.06. The SMILES string of the molecule is O=c1cc(C[NH+]2CCN(c3ccc(O)cc3)CC2)c2c(ccc3ccccc32)o1. The number of rotatable bonds is 3. The van der Waals surface area contributed by atoms with E-state index >= 15 is 0 Å². The summed E-state index contributed by atoms with van der Waals surface area (Å²) in [5, 5.41) is 12.8. The molecule has 5 nitrogen and oxygen atoms in total. The van der Waals surface area contributed by atoms with Crippen molar-refractivity contribution in [3.63, 3.8) is 0 Å². The molecule has 29 heavy (non-hydrogen) atoms. The van der Waals surface area contributed by atoms with Crippen LogP contribution in [-0.2, 0) is 6.54 Å². The van der Waals surface area contributed by atoms with Gasteiger partial charge in [0.2, 0.25) is 0 Å². The van der Waals surface area contributed by atoms with Crippen molar-refractivity contribution in [2.45, 2.75) is 6.54 Å². The Kier molecular flexibility index (Phi) is 4.45. The molecule has 0 spiro atoms. The molecule has 1 aliphatic rings. The number of benzene rings is 3. The van der Waals surface area contributed by atoms with Crippen molar-refractivity contribution >= 4 is 27.4 Å². The molecule has 0 atom stereocenters. The predicted molar refractivity (Wildman–Crippen MR) is 115 cm³/mol. The molecule has 0 aliphatic carbocycles. The third-order valence-corrected chi connectivity index (χ3v) is 5.84. The van der Waals surface area contributed by atoms with Gasteiger partial charge in [0, 0.05) is 22.7 Å². The number of quaternary nitrogens is 1. The van der Waals surface area contributed by atoms with E-state index in [2.05, 4.69) is 17.0 Å². The first kappa shape index (κ1) is 17.8. The van der Waals surface area contributed by atoms with E-state index in [0.29, 0.717) is 11.3 Å². The maximum Gasteiger partial charge on any atom is 0.336 e. The van der Waals surface area contributed by atoms with Crippen LogP contribution in [0, 0.1) is 0 Å². The van der Waals surface area contributed by atoms with E-state index in [1.165, 1.54) is 4.90 Å². The lowest BCUT2D eigenvalue weighted by Gasteiger charge is -2.33. The second kappa shape index (κ2) is 7.26. The molecule has 1 saturated heterocycles. The number of nitrogens with one attached hydrogen (secondary N) is 1. The van der Waals surface area contributed by atoms with E-state index in [1.54, 1.807) is 18.2 Å². The third-order valence-electron chi connectivity index (χ3n) is 5.84. The highest BCUT2D eigenvalue weighted by Crippen LogP contribution is 2.27. The fraction of sp³-hybridized carbons (Fsp3) is 0.208.